The van der Waals surface area contributed by atoms with Gasteiger partial charge in [0.1, 0.15) is 12.1 Å². The van der Waals surface area contributed by atoms with E-state index in [-0.39, 0.29) is 54.8 Å². The summed E-state index contributed by atoms with van der Waals surface area (Å²) in [6.07, 6.45) is -2.89. The molecule has 0 bridgehead atoms. The zero-order valence-electron chi connectivity index (χ0n) is 32.3. The quantitative estimate of drug-likeness (QED) is 0.663. The predicted octanol–water partition coefficient (Wildman–Crippen LogP) is 3.56. The fourth-order valence-electron chi connectivity index (χ4n) is 3.94. The first-order valence-corrected chi connectivity index (χ1v) is 9.76. The third-order valence-corrected chi connectivity index (χ3v) is 5.33. The van der Waals surface area contributed by atoms with E-state index in [1.54, 1.807) is 4.90 Å². The number of benzene rings is 1. The topological polar surface area (TPSA) is 74.0 Å². The minimum absolute atomic E-state index is 0.105. The Hall–Kier alpha value is -1.79. The normalized spacial score (nSPS) is 39.8. The summed E-state index contributed by atoms with van der Waals surface area (Å²) in [5.41, 5.74) is 5.68. The van der Waals surface area contributed by atoms with Crippen LogP contribution in [-0.4, -0.2) is 50.2 Å². The molecule has 1 aromatic rings. The van der Waals surface area contributed by atoms with E-state index in [4.69, 9.17) is 37.8 Å². The summed E-state index contributed by atoms with van der Waals surface area (Å²) in [5.74, 6) is -7.84. The minimum atomic E-state index is -3.88. The van der Waals surface area contributed by atoms with Gasteiger partial charge in [0.25, 0.3) is 0 Å². The number of carbonyl (C=O) groups is 1. The summed E-state index contributed by atoms with van der Waals surface area (Å²) < 4.78 is 138. The molecular weight excluding hydrogens is 380 g/mol. The highest BCUT2D eigenvalue weighted by Crippen LogP contribution is 2.44. The molecule has 0 aliphatic carbocycles. The van der Waals surface area contributed by atoms with E-state index in [1.807, 2.05) is 13.8 Å². The first kappa shape index (κ1) is 10.2. The Bertz CT molecular complexity index is 1300. The van der Waals surface area contributed by atoms with Crippen LogP contribution in [0.3, 0.4) is 0 Å². The molecule has 0 spiro atoms. The molecule has 0 aromatic heterocycles. The minimum Gasteiger partial charge on any atom is -0.493 e. The Morgan fingerprint density at radius 1 is 1.40 bits per heavy atom. The van der Waals surface area contributed by atoms with Crippen molar-refractivity contribution in [2.24, 2.45) is 23.5 Å². The van der Waals surface area contributed by atoms with Gasteiger partial charge in [-0.05, 0) is 47.9 Å². The lowest BCUT2D eigenvalue weighted by Crippen LogP contribution is -2.51. The van der Waals surface area contributed by atoms with Crippen LogP contribution < -0.4 is 15.2 Å². The summed E-state index contributed by atoms with van der Waals surface area (Å²) in [4.78, 5) is 15.1. The number of nitrogens with zero attached hydrogens (tertiary/aromatic N) is 1. The fourth-order valence-corrected chi connectivity index (χ4v) is 3.94. The van der Waals surface area contributed by atoms with Gasteiger partial charge in [-0.25, -0.2) is 0 Å². The number of hydrogen-bond acceptors (Lipinski definition) is 6. The van der Waals surface area contributed by atoms with Crippen LogP contribution in [0.15, 0.2) is 12.1 Å². The molecule has 3 unspecified atom stereocenters. The second kappa shape index (κ2) is 9.56. The van der Waals surface area contributed by atoms with Gasteiger partial charge in [-0.1, -0.05) is 27.6 Å². The van der Waals surface area contributed by atoms with Crippen molar-refractivity contribution in [3.8, 4) is 11.5 Å². The molecule has 6 nitrogen and oxygen atoms in total. The maximum atomic E-state index is 13.5. The van der Waals surface area contributed by atoms with Crippen molar-refractivity contribution in [3.63, 3.8) is 0 Å². The fraction of sp³-hybridized carbons (Fsp3) is 0.708. The van der Waals surface area contributed by atoms with Crippen molar-refractivity contribution in [3.05, 3.63) is 23.2 Å². The van der Waals surface area contributed by atoms with E-state index < -0.39 is 74.9 Å². The molecule has 168 valence electrons. The molecule has 0 amide bonds. The lowest BCUT2D eigenvalue weighted by Gasteiger charge is -2.47. The van der Waals surface area contributed by atoms with Crippen LogP contribution in [0.4, 0.5) is 0 Å². The number of nitrogens with two attached hydrogens (primary N) is 1. The number of ether oxygens (including phenoxy) is 3. The second-order valence-corrected chi connectivity index (χ2v) is 7.86. The average Bonchev–Trinajstić information content (AvgIpc) is 2.84. The summed E-state index contributed by atoms with van der Waals surface area (Å²) in [6.45, 7) is -3.88. The van der Waals surface area contributed by atoms with Crippen LogP contribution >= 0.6 is 0 Å². The maximum Gasteiger partial charge on any atom is 0.323 e. The first-order valence-electron chi connectivity index (χ1n) is 17.3. The van der Waals surface area contributed by atoms with E-state index in [1.165, 1.54) is 0 Å². The van der Waals surface area contributed by atoms with Crippen LogP contribution in [0.1, 0.15) is 78.1 Å². The third kappa shape index (κ3) is 4.75. The highest BCUT2D eigenvalue weighted by atomic mass is 16.5. The van der Waals surface area contributed by atoms with Crippen molar-refractivity contribution < 1.29 is 39.6 Å². The summed E-state index contributed by atoms with van der Waals surface area (Å²) in [7, 11) is -1.91. The number of piperidine rings is 1. The van der Waals surface area contributed by atoms with Gasteiger partial charge in [-0.2, -0.15) is 0 Å². The largest absolute Gasteiger partial charge is 0.493 e. The molecule has 2 N–H and O–H groups in total. The van der Waals surface area contributed by atoms with Gasteiger partial charge in [-0.15, -0.1) is 0 Å². The van der Waals surface area contributed by atoms with Crippen LogP contribution in [-0.2, 0) is 16.0 Å². The zero-order chi connectivity index (χ0) is 34.9. The first-order chi connectivity index (χ1) is 20.1. The molecule has 6 heteroatoms. The molecule has 4 atom stereocenters. The zero-order valence-corrected chi connectivity index (χ0v) is 17.3. The van der Waals surface area contributed by atoms with E-state index in [9.17, 15) is 7.54 Å². The number of hydrogen-bond donors (Lipinski definition) is 1. The van der Waals surface area contributed by atoms with Crippen molar-refractivity contribution in [2.75, 3.05) is 27.2 Å². The van der Waals surface area contributed by atoms with Crippen molar-refractivity contribution in [1.82, 2.24) is 4.90 Å². The average molecular weight is 434 g/mol. The molecule has 2 aliphatic rings. The lowest BCUT2D eigenvalue weighted by atomic mass is 9.79. The predicted molar refractivity (Wildman–Crippen MR) is 118 cm³/mol. The van der Waals surface area contributed by atoms with Crippen LogP contribution in [0, 0.1) is 17.7 Å². The SMILES string of the molecule is [2H]c1c2c(c([2H])c(OC([2H])([2H])[2H])c1OC)C1([2H])CC([2H])(OC(=O)[C@@]([2H])(N)C([2H])(C([2H])([2H])[2H])C([2H])([2H])[2H])C(CC(C)C)CN1CC2. The van der Waals surface area contributed by atoms with E-state index >= 15 is 0 Å². The molecular formula is C24H38N2O4. The summed E-state index contributed by atoms with van der Waals surface area (Å²) >= 11 is 0. The van der Waals surface area contributed by atoms with Crippen LogP contribution in [0.25, 0.3) is 0 Å². The molecule has 30 heavy (non-hydrogen) atoms. The number of methoxy groups -OCH3 is 2. The van der Waals surface area contributed by atoms with Gasteiger partial charge in [0.15, 0.2) is 11.5 Å². The van der Waals surface area contributed by atoms with Gasteiger partial charge in [-0.3, -0.25) is 9.69 Å². The Morgan fingerprint density at radius 3 is 2.83 bits per heavy atom. The summed E-state index contributed by atoms with van der Waals surface area (Å²) in [6, 6.07) is -6.80. The molecule has 0 radical (unpaired) electrons. The Labute approximate surface area is 202 Å². The van der Waals surface area contributed by atoms with Crippen LogP contribution in [0.5, 0.6) is 11.5 Å². The molecule has 1 aromatic carbocycles. The number of fused-ring (bicyclic) bond motifs is 3. The second-order valence-electron chi connectivity index (χ2n) is 7.86. The number of esters is 1. The van der Waals surface area contributed by atoms with Crippen molar-refractivity contribution in [2.45, 2.75) is 64.9 Å². The number of carbonyl (C=O) groups excluding carboxylic acids is 1. The van der Waals surface area contributed by atoms with E-state index in [0.29, 0.717) is 0 Å². The van der Waals surface area contributed by atoms with Crippen molar-refractivity contribution >= 4 is 5.97 Å². The van der Waals surface area contributed by atoms with Gasteiger partial charge in [0, 0.05) is 41.0 Å². The van der Waals surface area contributed by atoms with Crippen LogP contribution in [0.2, 0.25) is 0 Å². The van der Waals surface area contributed by atoms with E-state index in [2.05, 4.69) is 0 Å². The van der Waals surface area contributed by atoms with Gasteiger partial charge in [0.05, 0.1) is 25.1 Å². The molecule has 2 heterocycles. The maximum absolute atomic E-state index is 13.5. The Kier molecular flexibility index (Phi) is 3.26. The Morgan fingerprint density at radius 2 is 2.17 bits per heavy atom. The highest BCUT2D eigenvalue weighted by molar-refractivity contribution is 5.76. The standard InChI is InChI=1S/C24H38N2O4/c1-14(2)9-17-13-26-8-7-16-10-21(28-5)22(29-6)11-18(16)19(26)12-20(17)30-24(27)23(25)15(3)4/h10-11,14-15,17,19-20,23H,7-9,12-13,25H2,1-6H3/t17?,19?,20?,23-/m0/s1/i3D3,4D3,6D3,10D,11D,15D,19D,20D,23D. The van der Waals surface area contributed by atoms with Gasteiger partial charge < -0.3 is 19.9 Å². The highest BCUT2D eigenvalue weighted by Gasteiger charge is 2.41. The molecule has 0 saturated carbocycles. The lowest BCUT2D eigenvalue weighted by molar-refractivity contribution is -0.160. The number of rotatable bonds is 7. The smallest absolute Gasteiger partial charge is 0.323 e. The monoisotopic (exact) mass is 433 g/mol. The summed E-state index contributed by atoms with van der Waals surface area (Å²) in [5, 5.41) is 0. The molecule has 1 fully saturated rings. The Balaban J connectivity index is 2.22. The van der Waals surface area contributed by atoms with E-state index in [0.717, 1.165) is 7.11 Å². The third-order valence-electron chi connectivity index (χ3n) is 5.33. The van der Waals surface area contributed by atoms with Gasteiger partial charge in [0.2, 0.25) is 0 Å². The molecule has 1 saturated heterocycles. The van der Waals surface area contributed by atoms with Gasteiger partial charge >= 0.3 is 5.97 Å². The molecule has 3 rings (SSSR count). The van der Waals surface area contributed by atoms with Crippen molar-refractivity contribution in [1.29, 1.82) is 0 Å². The molecule has 2 aliphatic heterocycles.